The third-order valence-corrected chi connectivity index (χ3v) is 5.94. The Kier molecular flexibility index (Phi) is 5.58. The molecule has 1 atom stereocenters. The van der Waals surface area contributed by atoms with Gasteiger partial charge in [0.2, 0.25) is 0 Å². The molecule has 2 aromatic carbocycles. The zero-order chi connectivity index (χ0) is 21.0. The average Bonchev–Trinajstić information content (AvgIpc) is 3.52. The third kappa shape index (κ3) is 4.14. The maximum absolute atomic E-state index is 13.1. The molecule has 7 nitrogen and oxygen atoms in total. The van der Waals surface area contributed by atoms with Crippen LogP contribution in [0.25, 0.3) is 11.3 Å². The van der Waals surface area contributed by atoms with Crippen molar-refractivity contribution in [3.8, 4) is 22.8 Å². The van der Waals surface area contributed by atoms with E-state index in [9.17, 15) is 4.79 Å². The summed E-state index contributed by atoms with van der Waals surface area (Å²) in [7, 11) is 0. The van der Waals surface area contributed by atoms with Gasteiger partial charge in [0.15, 0.2) is 11.5 Å². The highest BCUT2D eigenvalue weighted by Gasteiger charge is 2.25. The lowest BCUT2D eigenvalue weighted by atomic mass is 10.0. The van der Waals surface area contributed by atoms with E-state index < -0.39 is 0 Å². The van der Waals surface area contributed by atoms with Crippen molar-refractivity contribution in [2.24, 2.45) is 0 Å². The molecule has 1 aromatic heterocycles. The normalized spacial score (nSPS) is 16.8. The molecule has 0 radical (unpaired) electrons. The van der Waals surface area contributed by atoms with Crippen LogP contribution >= 0.6 is 0 Å². The van der Waals surface area contributed by atoms with Gasteiger partial charge in [0.25, 0.3) is 5.91 Å². The summed E-state index contributed by atoms with van der Waals surface area (Å²) in [5.74, 6) is 1.26. The zero-order valence-electron chi connectivity index (χ0n) is 17.3. The number of H-pyrrole nitrogens is 1. The number of benzene rings is 2. The van der Waals surface area contributed by atoms with Gasteiger partial charge in [-0.25, -0.2) is 0 Å². The highest BCUT2D eigenvalue weighted by atomic mass is 16.6. The van der Waals surface area contributed by atoms with Gasteiger partial charge < -0.3 is 14.8 Å². The molecule has 31 heavy (non-hydrogen) atoms. The molecule has 5 rings (SSSR count). The Balaban J connectivity index is 1.34. The minimum absolute atomic E-state index is 0.140. The Morgan fingerprint density at radius 3 is 2.65 bits per heavy atom. The fourth-order valence-electron chi connectivity index (χ4n) is 4.35. The zero-order valence-corrected chi connectivity index (χ0v) is 17.3. The number of nitrogens with one attached hydrogen (secondary N) is 2. The van der Waals surface area contributed by atoms with Gasteiger partial charge >= 0.3 is 0 Å². The van der Waals surface area contributed by atoms with E-state index in [-0.39, 0.29) is 11.9 Å². The van der Waals surface area contributed by atoms with Crippen LogP contribution in [-0.2, 0) is 0 Å². The Morgan fingerprint density at radius 2 is 1.84 bits per heavy atom. The largest absolute Gasteiger partial charge is 0.486 e. The molecule has 1 unspecified atom stereocenters. The van der Waals surface area contributed by atoms with E-state index >= 15 is 0 Å². The number of aromatic amines is 1. The molecule has 2 N–H and O–H groups in total. The van der Waals surface area contributed by atoms with Gasteiger partial charge in [-0.1, -0.05) is 30.3 Å². The van der Waals surface area contributed by atoms with Gasteiger partial charge in [0.05, 0.1) is 23.5 Å². The van der Waals surface area contributed by atoms with Gasteiger partial charge in [-0.05, 0) is 49.7 Å². The molecule has 2 aliphatic rings. The molecule has 2 aliphatic heterocycles. The first-order valence-corrected chi connectivity index (χ1v) is 10.8. The first-order valence-electron chi connectivity index (χ1n) is 10.8. The molecule has 1 fully saturated rings. The highest BCUT2D eigenvalue weighted by molar-refractivity contribution is 5.99. The maximum atomic E-state index is 13.1. The number of rotatable bonds is 6. The summed E-state index contributed by atoms with van der Waals surface area (Å²) >= 11 is 0. The van der Waals surface area contributed by atoms with Gasteiger partial charge in [0.1, 0.15) is 13.2 Å². The lowest BCUT2D eigenvalue weighted by Gasteiger charge is -2.28. The quantitative estimate of drug-likeness (QED) is 0.641. The standard InChI is InChI=1S/C24H26N4O3/c29-24(25-16-20(28-10-4-5-11-28)17-6-2-1-3-7-17)19-15-26-27-23(19)18-8-9-21-22(14-18)31-13-12-30-21/h1-3,6-9,14-15,20H,4-5,10-13,16H2,(H,25,29)(H,26,27). The molecular weight excluding hydrogens is 392 g/mol. The van der Waals surface area contributed by atoms with E-state index in [1.165, 1.54) is 18.4 Å². The van der Waals surface area contributed by atoms with Crippen LogP contribution in [0, 0.1) is 0 Å². The van der Waals surface area contributed by atoms with E-state index in [1.54, 1.807) is 6.20 Å². The van der Waals surface area contributed by atoms with Crippen molar-refractivity contribution in [1.82, 2.24) is 20.4 Å². The number of ether oxygens (including phenoxy) is 2. The second-order valence-corrected chi connectivity index (χ2v) is 7.90. The number of fused-ring (bicyclic) bond motifs is 1. The SMILES string of the molecule is O=C(NCC(c1ccccc1)N1CCCC1)c1cn[nH]c1-c1ccc2c(c1)OCCO2. The van der Waals surface area contributed by atoms with Crippen molar-refractivity contribution in [2.75, 3.05) is 32.8 Å². The predicted molar refractivity (Wildman–Crippen MR) is 117 cm³/mol. The molecular formula is C24H26N4O3. The second-order valence-electron chi connectivity index (χ2n) is 7.90. The van der Waals surface area contributed by atoms with Crippen LogP contribution in [0.3, 0.4) is 0 Å². The molecule has 1 amide bonds. The minimum Gasteiger partial charge on any atom is -0.486 e. The van der Waals surface area contributed by atoms with Crippen LogP contribution in [0.15, 0.2) is 54.7 Å². The molecule has 3 aromatic rings. The van der Waals surface area contributed by atoms with Gasteiger partial charge in [0, 0.05) is 12.1 Å². The number of likely N-dealkylation sites (tertiary alicyclic amines) is 1. The van der Waals surface area contributed by atoms with Gasteiger partial charge in [-0.2, -0.15) is 5.10 Å². The van der Waals surface area contributed by atoms with Gasteiger partial charge in [-0.15, -0.1) is 0 Å². The Bertz CT molecular complexity index is 1040. The van der Waals surface area contributed by atoms with Crippen LogP contribution in [0.2, 0.25) is 0 Å². The second kappa shape index (κ2) is 8.81. The summed E-state index contributed by atoms with van der Waals surface area (Å²) in [6, 6.07) is 16.2. The topological polar surface area (TPSA) is 79.5 Å². The van der Waals surface area contributed by atoms with Crippen LogP contribution in [-0.4, -0.2) is 53.9 Å². The van der Waals surface area contributed by atoms with Crippen molar-refractivity contribution < 1.29 is 14.3 Å². The van der Waals surface area contributed by atoms with Crippen molar-refractivity contribution in [3.63, 3.8) is 0 Å². The summed E-state index contributed by atoms with van der Waals surface area (Å²) in [6.45, 7) is 3.73. The maximum Gasteiger partial charge on any atom is 0.255 e. The number of nitrogens with zero attached hydrogens (tertiary/aromatic N) is 2. The molecule has 0 bridgehead atoms. The lowest BCUT2D eigenvalue weighted by molar-refractivity contribution is 0.0938. The number of aromatic nitrogens is 2. The van der Waals surface area contributed by atoms with Gasteiger partial charge in [-0.3, -0.25) is 14.8 Å². The molecule has 0 spiro atoms. The molecule has 7 heteroatoms. The number of hydrogen-bond acceptors (Lipinski definition) is 5. The number of amides is 1. The summed E-state index contributed by atoms with van der Waals surface area (Å²) in [6.07, 6.45) is 3.98. The molecule has 0 aliphatic carbocycles. The monoisotopic (exact) mass is 418 g/mol. The Morgan fingerprint density at radius 1 is 1.06 bits per heavy atom. The average molecular weight is 418 g/mol. The van der Waals surface area contributed by atoms with Crippen molar-refractivity contribution >= 4 is 5.91 Å². The number of carbonyl (C=O) groups excluding carboxylic acids is 1. The van der Waals surface area contributed by atoms with Crippen LogP contribution in [0.4, 0.5) is 0 Å². The van der Waals surface area contributed by atoms with Crippen molar-refractivity contribution in [2.45, 2.75) is 18.9 Å². The first kappa shape index (κ1) is 19.6. The highest BCUT2D eigenvalue weighted by Crippen LogP contribution is 2.35. The first-order chi connectivity index (χ1) is 15.3. The molecule has 160 valence electrons. The Hall–Kier alpha value is -3.32. The lowest BCUT2D eigenvalue weighted by Crippen LogP contribution is -2.36. The van der Waals surface area contributed by atoms with E-state index in [2.05, 4.69) is 44.7 Å². The van der Waals surface area contributed by atoms with Crippen molar-refractivity contribution in [3.05, 3.63) is 65.9 Å². The van der Waals surface area contributed by atoms with E-state index in [4.69, 9.17) is 9.47 Å². The fourth-order valence-corrected chi connectivity index (χ4v) is 4.35. The summed E-state index contributed by atoms with van der Waals surface area (Å²) in [5, 5.41) is 10.2. The summed E-state index contributed by atoms with van der Waals surface area (Å²) in [5.41, 5.74) is 3.26. The summed E-state index contributed by atoms with van der Waals surface area (Å²) in [4.78, 5) is 15.5. The smallest absolute Gasteiger partial charge is 0.255 e. The molecule has 1 saturated heterocycles. The third-order valence-electron chi connectivity index (χ3n) is 5.94. The fraction of sp³-hybridized carbons (Fsp3) is 0.333. The van der Waals surface area contributed by atoms with Crippen LogP contribution in [0.1, 0.15) is 34.8 Å². The van der Waals surface area contributed by atoms with Crippen LogP contribution < -0.4 is 14.8 Å². The number of carbonyl (C=O) groups is 1. The van der Waals surface area contributed by atoms with E-state index in [1.807, 2.05) is 24.3 Å². The molecule has 0 saturated carbocycles. The van der Waals surface area contributed by atoms with E-state index in [0.29, 0.717) is 36.8 Å². The predicted octanol–water partition coefficient (Wildman–Crippen LogP) is 3.41. The summed E-state index contributed by atoms with van der Waals surface area (Å²) < 4.78 is 11.3. The Labute approximate surface area is 181 Å². The molecule has 3 heterocycles. The number of hydrogen-bond donors (Lipinski definition) is 2. The van der Waals surface area contributed by atoms with Crippen molar-refractivity contribution in [1.29, 1.82) is 0 Å². The minimum atomic E-state index is -0.140. The van der Waals surface area contributed by atoms with Crippen LogP contribution in [0.5, 0.6) is 11.5 Å². The van der Waals surface area contributed by atoms with E-state index in [0.717, 1.165) is 24.4 Å².